The Morgan fingerprint density at radius 1 is 0.775 bits per heavy atom. The van der Waals surface area contributed by atoms with Crippen LogP contribution in [0, 0.1) is 30.1 Å². The number of benzene rings is 3. The number of rotatable bonds is 21. The van der Waals surface area contributed by atoms with Crippen molar-refractivity contribution in [3.05, 3.63) is 113 Å². The molecule has 1 atom stereocenters. The predicted molar refractivity (Wildman–Crippen MR) is 313 cm³/mol. The molecule has 16 nitrogen and oxygen atoms in total. The highest BCUT2D eigenvalue weighted by atomic mass is 32.1. The number of aromatic nitrogens is 6. The fraction of sp³-hybridized carbons (Fsp3) is 0.476. The van der Waals surface area contributed by atoms with Gasteiger partial charge in [-0.15, -0.1) is 0 Å². The number of nitrogens with zero attached hydrogens (tertiary/aromatic N) is 7. The van der Waals surface area contributed by atoms with Crippen LogP contribution in [-0.2, 0) is 40.9 Å². The molecule has 3 aromatic carbocycles. The number of anilines is 3. The Morgan fingerprint density at radius 2 is 1.51 bits per heavy atom. The molecule has 4 saturated carbocycles. The summed E-state index contributed by atoms with van der Waals surface area (Å²) < 4.78 is 4.94. The Hall–Kier alpha value is -7.27. The fourth-order valence-electron chi connectivity index (χ4n) is 14.6. The van der Waals surface area contributed by atoms with E-state index in [2.05, 4.69) is 60.0 Å². The first-order valence-corrected chi connectivity index (χ1v) is 30.2. The van der Waals surface area contributed by atoms with Crippen LogP contribution in [0.4, 0.5) is 16.6 Å². The quantitative estimate of drug-likeness (QED) is 0.0397. The zero-order valence-electron chi connectivity index (χ0n) is 46.2. The summed E-state index contributed by atoms with van der Waals surface area (Å²) in [5.41, 5.74) is 9.14. The molecule has 4 aliphatic carbocycles. The molecule has 5 amide bonds. The Bertz CT molecular complexity index is 3440. The van der Waals surface area contributed by atoms with Crippen molar-refractivity contribution in [1.29, 1.82) is 0 Å². The first-order chi connectivity index (χ1) is 38.9. The van der Waals surface area contributed by atoms with Gasteiger partial charge in [-0.2, -0.15) is 10.2 Å². The first-order valence-electron chi connectivity index (χ1n) is 29.4. The number of unbranched alkanes of at least 4 members (excludes halogenated alkanes) is 8. The molecular formula is C63H73N11O5S. The highest BCUT2D eigenvalue weighted by Gasteiger charge is 2.51. The van der Waals surface area contributed by atoms with E-state index in [0.29, 0.717) is 71.5 Å². The van der Waals surface area contributed by atoms with Gasteiger partial charge in [0, 0.05) is 73.8 Å². The molecule has 6 heterocycles. The first kappa shape index (κ1) is 53.4. The molecule has 13 rings (SSSR count). The Balaban J connectivity index is 0.639. The van der Waals surface area contributed by atoms with Crippen molar-refractivity contribution in [2.75, 3.05) is 28.6 Å². The van der Waals surface area contributed by atoms with Gasteiger partial charge in [0.25, 0.3) is 11.8 Å². The summed E-state index contributed by atoms with van der Waals surface area (Å²) in [6.07, 6.45) is 21.1. The molecule has 416 valence electrons. The average molecular weight is 1100 g/mol. The van der Waals surface area contributed by atoms with Crippen molar-refractivity contribution in [3.8, 4) is 11.1 Å². The van der Waals surface area contributed by atoms with Gasteiger partial charge in [0.05, 0.1) is 39.2 Å². The molecule has 0 spiro atoms. The number of fused-ring (bicyclic) bond motifs is 3. The maximum absolute atomic E-state index is 14.5. The van der Waals surface area contributed by atoms with Crippen LogP contribution < -0.4 is 26.2 Å². The zero-order valence-corrected chi connectivity index (χ0v) is 47.0. The topological polar surface area (TPSA) is 198 Å². The maximum Gasteiger partial charge on any atom is 0.270 e. The Labute approximate surface area is 471 Å². The number of aryl methyl sites for hydroxylation is 1. The van der Waals surface area contributed by atoms with Gasteiger partial charge in [-0.05, 0) is 142 Å². The number of para-hydroxylation sites is 2. The number of hydrogen-bond acceptors (Lipinski definition) is 11. The minimum atomic E-state index is -0.506. The molecule has 2 aliphatic heterocycles. The van der Waals surface area contributed by atoms with E-state index in [-0.39, 0.29) is 36.0 Å². The fourth-order valence-corrected chi connectivity index (χ4v) is 15.5. The molecule has 17 heteroatoms. The number of amides is 5. The van der Waals surface area contributed by atoms with E-state index in [0.717, 1.165) is 138 Å². The number of nitrogens with one attached hydrogen (secondary N) is 4. The number of carbonyl (C=O) groups excluding carboxylic acids is 5. The number of imide groups is 1. The molecule has 1 unspecified atom stereocenters. The molecule has 4 aromatic heterocycles. The summed E-state index contributed by atoms with van der Waals surface area (Å²) in [5, 5.41) is 22.9. The summed E-state index contributed by atoms with van der Waals surface area (Å²) >= 11 is 1.46. The Morgan fingerprint density at radius 3 is 2.27 bits per heavy atom. The van der Waals surface area contributed by atoms with Crippen LogP contribution in [0.1, 0.15) is 165 Å². The second-order valence-corrected chi connectivity index (χ2v) is 24.8. The third-order valence-electron chi connectivity index (χ3n) is 18.1. The van der Waals surface area contributed by atoms with Crippen molar-refractivity contribution in [3.63, 3.8) is 0 Å². The lowest BCUT2D eigenvalue weighted by Gasteiger charge is -2.56. The minimum Gasteiger partial charge on any atom is -0.352 e. The van der Waals surface area contributed by atoms with Crippen molar-refractivity contribution in [1.82, 2.24) is 40.2 Å². The lowest BCUT2D eigenvalue weighted by Crippen LogP contribution is -2.48. The molecule has 5 fully saturated rings. The lowest BCUT2D eigenvalue weighted by molar-refractivity contribution is -0.134. The van der Waals surface area contributed by atoms with Gasteiger partial charge in [0.15, 0.2) is 5.13 Å². The largest absolute Gasteiger partial charge is 0.352 e. The molecule has 4 N–H and O–H groups in total. The number of hydrogen-bond donors (Lipinski definition) is 4. The summed E-state index contributed by atoms with van der Waals surface area (Å²) in [4.78, 5) is 77.9. The van der Waals surface area contributed by atoms with Crippen LogP contribution in [0.2, 0.25) is 0 Å². The smallest absolute Gasteiger partial charge is 0.270 e. The van der Waals surface area contributed by atoms with E-state index >= 15 is 0 Å². The van der Waals surface area contributed by atoms with Crippen LogP contribution in [0.25, 0.3) is 32.2 Å². The van der Waals surface area contributed by atoms with E-state index < -0.39 is 5.92 Å². The highest BCUT2D eigenvalue weighted by molar-refractivity contribution is 7.22. The van der Waals surface area contributed by atoms with Crippen LogP contribution >= 0.6 is 11.3 Å². The lowest BCUT2D eigenvalue weighted by atomic mass is 9.49. The van der Waals surface area contributed by atoms with Crippen LogP contribution in [-0.4, -0.2) is 72.2 Å². The van der Waals surface area contributed by atoms with Crippen LogP contribution in [0.3, 0.4) is 0 Å². The SMILES string of the molecule is Cc1c(-c2ccc(N3CCc4cccc(C(=O)Nc5nc6ccccc6s5)c4C3)nc2C(=O)NCCCCCCCCCCCC(=O)Nc2cccc3c(C4CCC(=O)NC4=O)nn(C)c23)cnn1CC12CC3CC(CC(C3)C1)C2. The standard InChI is InChI=1S/C63H73N11O5S/c1-39-48(36-65-74(39)38-63-33-40-30-41(34-63)32-42(31-40)35-63)44-23-25-53(73-29-27-43-16-14-17-45(49(43)37-73)59(77)70-62-67-50-19-11-12-21-52(50)80-62)68-57(44)61(79)64-28-13-9-7-5-3-4-6-8-10-22-54(75)66-51-20-15-18-46-56(71-72(2)58(46)51)47-24-26-55(76)69-60(47)78/h11-12,14-21,23,25,36,40-42,47H,3-10,13,22,24,26-35,37-38H2,1-2H3,(H,64,79)(H,66,75)(H,67,70,77)(H,69,76,78). The molecule has 1 saturated heterocycles. The summed E-state index contributed by atoms with van der Waals surface area (Å²) in [7, 11) is 1.81. The van der Waals surface area contributed by atoms with E-state index in [1.807, 2.05) is 73.9 Å². The second-order valence-electron chi connectivity index (χ2n) is 23.8. The molecule has 7 aromatic rings. The summed E-state index contributed by atoms with van der Waals surface area (Å²) in [6.45, 7) is 4.82. The number of piperidine rings is 1. The normalized spacial score (nSPS) is 21.2. The van der Waals surface area contributed by atoms with Gasteiger partial charge >= 0.3 is 0 Å². The van der Waals surface area contributed by atoms with Gasteiger partial charge in [-0.25, -0.2) is 9.97 Å². The van der Waals surface area contributed by atoms with Crippen molar-refractivity contribution >= 4 is 78.6 Å². The number of thiazole rings is 1. The summed E-state index contributed by atoms with van der Waals surface area (Å²) in [5.74, 6) is 1.74. The van der Waals surface area contributed by atoms with Crippen LogP contribution in [0.15, 0.2) is 79.0 Å². The van der Waals surface area contributed by atoms with E-state index in [1.54, 1.807) is 4.68 Å². The molecule has 0 radical (unpaired) electrons. The molecule has 6 aliphatic rings. The third-order valence-corrected chi connectivity index (χ3v) is 19.0. The van der Waals surface area contributed by atoms with Gasteiger partial charge < -0.3 is 15.5 Å². The maximum atomic E-state index is 14.5. The monoisotopic (exact) mass is 1100 g/mol. The minimum absolute atomic E-state index is 0.0476. The second kappa shape index (κ2) is 23.1. The Kier molecular flexibility index (Phi) is 15.4. The van der Waals surface area contributed by atoms with Gasteiger partial charge in [-0.3, -0.25) is 44.0 Å². The van der Waals surface area contributed by atoms with E-state index in [4.69, 9.17) is 10.1 Å². The van der Waals surface area contributed by atoms with Crippen molar-refractivity contribution in [2.45, 2.75) is 148 Å². The van der Waals surface area contributed by atoms with Crippen molar-refractivity contribution < 1.29 is 24.0 Å². The van der Waals surface area contributed by atoms with Gasteiger partial charge in [0.1, 0.15) is 11.5 Å². The predicted octanol–water partition coefficient (Wildman–Crippen LogP) is 11.6. The van der Waals surface area contributed by atoms with E-state index in [1.165, 1.54) is 49.9 Å². The van der Waals surface area contributed by atoms with E-state index in [9.17, 15) is 24.0 Å². The summed E-state index contributed by atoms with van der Waals surface area (Å²) in [6, 6.07) is 23.5. The highest BCUT2D eigenvalue weighted by Crippen LogP contribution is 2.60. The number of pyridine rings is 1. The van der Waals surface area contributed by atoms with Gasteiger partial charge in [-0.1, -0.05) is 92.7 Å². The van der Waals surface area contributed by atoms with Crippen molar-refractivity contribution in [2.24, 2.45) is 30.2 Å². The molecular weight excluding hydrogens is 1020 g/mol. The zero-order chi connectivity index (χ0) is 54.9. The third kappa shape index (κ3) is 11.3. The van der Waals surface area contributed by atoms with Crippen LogP contribution in [0.5, 0.6) is 0 Å². The average Bonchev–Trinajstić information content (AvgIpc) is 4.18. The molecule has 80 heavy (non-hydrogen) atoms. The molecule has 4 bridgehead atoms. The van der Waals surface area contributed by atoms with Gasteiger partial charge in [0.2, 0.25) is 17.7 Å². The number of carbonyl (C=O) groups is 5.